The molecule has 2 N–H and O–H groups in total. The van der Waals surface area contributed by atoms with Crippen LogP contribution in [0.1, 0.15) is 19.8 Å². The smallest absolute Gasteiger partial charge is 0.322 e. The van der Waals surface area contributed by atoms with Gasteiger partial charge in [-0.3, -0.25) is 10.1 Å². The second-order valence-corrected chi connectivity index (χ2v) is 7.03. The normalized spacial score (nSPS) is 27.6. The lowest BCUT2D eigenvalue weighted by Crippen LogP contribution is -2.59. The first kappa shape index (κ1) is 15.2. The van der Waals surface area contributed by atoms with Crippen molar-refractivity contribution in [2.45, 2.75) is 25.3 Å². The highest BCUT2D eigenvalue weighted by atomic mass is 32.2. The van der Waals surface area contributed by atoms with Gasteiger partial charge in [0.1, 0.15) is 5.54 Å². The van der Waals surface area contributed by atoms with E-state index < -0.39 is 27.5 Å². The number of urea groups is 1. The number of amides is 3. The van der Waals surface area contributed by atoms with Crippen LogP contribution in [0.2, 0.25) is 0 Å². The van der Waals surface area contributed by atoms with Crippen molar-refractivity contribution >= 4 is 22.0 Å². The minimum atomic E-state index is -3.48. The van der Waals surface area contributed by atoms with E-state index >= 15 is 0 Å². The molecule has 2 saturated heterocycles. The van der Waals surface area contributed by atoms with Crippen LogP contribution in [0, 0.1) is 0 Å². The van der Waals surface area contributed by atoms with Crippen LogP contribution in [0.15, 0.2) is 0 Å². The molecule has 0 saturated carbocycles. The second kappa shape index (κ2) is 5.66. The molecular formula is C11H19N3O5S. The Morgan fingerprint density at radius 2 is 2.15 bits per heavy atom. The molecule has 8 nitrogen and oxygen atoms in total. The first-order chi connectivity index (χ1) is 9.39. The van der Waals surface area contributed by atoms with Crippen LogP contribution >= 0.6 is 0 Å². The van der Waals surface area contributed by atoms with Crippen LogP contribution in [0.25, 0.3) is 0 Å². The number of hydrogen-bond donors (Lipinski definition) is 2. The van der Waals surface area contributed by atoms with Crippen molar-refractivity contribution in [2.75, 3.05) is 32.1 Å². The summed E-state index contributed by atoms with van der Waals surface area (Å²) >= 11 is 0. The number of carbonyl (C=O) groups excluding carboxylic acids is 2. The topological polar surface area (TPSA) is 105 Å². The second-order valence-electron chi connectivity index (χ2n) is 4.94. The summed E-state index contributed by atoms with van der Waals surface area (Å²) in [7, 11) is -3.48. The third-order valence-electron chi connectivity index (χ3n) is 3.55. The van der Waals surface area contributed by atoms with Gasteiger partial charge in [0.2, 0.25) is 10.0 Å². The Bertz CT molecular complexity index is 506. The first-order valence-electron chi connectivity index (χ1n) is 6.59. The Hall–Kier alpha value is -1.19. The summed E-state index contributed by atoms with van der Waals surface area (Å²) in [4.78, 5) is 23.1. The fraction of sp³-hybridized carbons (Fsp3) is 0.818. The largest absolute Gasteiger partial charge is 0.381 e. The summed E-state index contributed by atoms with van der Waals surface area (Å²) in [6, 6.07) is -0.566. The number of imide groups is 1. The molecule has 1 atom stereocenters. The van der Waals surface area contributed by atoms with Crippen LogP contribution in [0.4, 0.5) is 4.79 Å². The quantitative estimate of drug-likeness (QED) is 0.502. The van der Waals surface area contributed by atoms with E-state index in [9.17, 15) is 18.0 Å². The molecule has 1 spiro atoms. The van der Waals surface area contributed by atoms with Gasteiger partial charge in [-0.25, -0.2) is 13.2 Å². The van der Waals surface area contributed by atoms with E-state index in [2.05, 4.69) is 10.6 Å². The maximum absolute atomic E-state index is 12.2. The zero-order valence-corrected chi connectivity index (χ0v) is 12.2. The van der Waals surface area contributed by atoms with Gasteiger partial charge in [0.05, 0.1) is 12.4 Å². The predicted molar refractivity (Wildman–Crippen MR) is 70.5 cm³/mol. The Morgan fingerprint density at radius 1 is 1.40 bits per heavy atom. The van der Waals surface area contributed by atoms with Gasteiger partial charge in [-0.2, -0.15) is 4.31 Å². The average molecular weight is 305 g/mol. The zero-order chi connectivity index (χ0) is 14.8. The van der Waals surface area contributed by atoms with E-state index in [-0.39, 0.29) is 18.9 Å². The van der Waals surface area contributed by atoms with E-state index in [1.54, 1.807) is 6.92 Å². The Kier molecular flexibility index (Phi) is 4.31. The lowest BCUT2D eigenvalue weighted by atomic mass is 9.90. The van der Waals surface area contributed by atoms with Crippen LogP contribution < -0.4 is 10.6 Å². The van der Waals surface area contributed by atoms with Crippen molar-refractivity contribution in [3.05, 3.63) is 0 Å². The molecule has 1 unspecified atom stereocenters. The maximum Gasteiger partial charge on any atom is 0.322 e. The molecule has 0 bridgehead atoms. The lowest BCUT2D eigenvalue weighted by Gasteiger charge is -2.37. The van der Waals surface area contributed by atoms with Gasteiger partial charge >= 0.3 is 6.03 Å². The number of hydrogen-bond acceptors (Lipinski definition) is 5. The monoisotopic (exact) mass is 305 g/mol. The molecule has 2 aliphatic heterocycles. The summed E-state index contributed by atoms with van der Waals surface area (Å²) in [5.41, 5.74) is -1.12. The van der Waals surface area contributed by atoms with Gasteiger partial charge in [0.25, 0.3) is 5.91 Å². The molecule has 114 valence electrons. The van der Waals surface area contributed by atoms with Crippen molar-refractivity contribution in [1.29, 1.82) is 0 Å². The molecule has 0 aromatic rings. The molecule has 20 heavy (non-hydrogen) atoms. The minimum Gasteiger partial charge on any atom is -0.381 e. The highest BCUT2D eigenvalue weighted by molar-refractivity contribution is 7.89. The van der Waals surface area contributed by atoms with Crippen molar-refractivity contribution < 1.29 is 22.7 Å². The lowest BCUT2D eigenvalue weighted by molar-refractivity contribution is -0.125. The molecule has 0 aromatic carbocycles. The molecule has 2 aliphatic rings. The molecular weight excluding hydrogens is 286 g/mol. The summed E-state index contributed by atoms with van der Waals surface area (Å²) in [5.74, 6) is -0.570. The molecule has 0 aromatic heterocycles. The molecule has 9 heteroatoms. The van der Waals surface area contributed by atoms with E-state index in [1.807, 2.05) is 0 Å². The number of ether oxygens (including phenoxy) is 1. The number of piperidine rings is 1. The standard InChI is InChI=1S/C11H19N3O5S/c1-2-19-6-7-20(17,18)14-5-3-4-11(8-14)9(15)12-10(16)13-11/h2-8H2,1H3,(H2,12,13,15,16). The molecule has 0 radical (unpaired) electrons. The van der Waals surface area contributed by atoms with Gasteiger partial charge < -0.3 is 10.1 Å². The van der Waals surface area contributed by atoms with E-state index in [0.29, 0.717) is 26.0 Å². The fourth-order valence-electron chi connectivity index (χ4n) is 2.51. The number of rotatable bonds is 5. The van der Waals surface area contributed by atoms with Crippen molar-refractivity contribution in [3.8, 4) is 0 Å². The van der Waals surface area contributed by atoms with Gasteiger partial charge in [-0.05, 0) is 19.8 Å². The van der Waals surface area contributed by atoms with Crippen molar-refractivity contribution in [1.82, 2.24) is 14.9 Å². The zero-order valence-electron chi connectivity index (χ0n) is 11.3. The average Bonchev–Trinajstić information content (AvgIpc) is 2.64. The molecule has 2 rings (SSSR count). The van der Waals surface area contributed by atoms with Crippen LogP contribution in [-0.4, -0.2) is 62.3 Å². The Morgan fingerprint density at radius 3 is 2.75 bits per heavy atom. The fourth-order valence-corrected chi connectivity index (χ4v) is 3.92. The van der Waals surface area contributed by atoms with Gasteiger partial charge in [-0.15, -0.1) is 0 Å². The SMILES string of the molecule is CCOCCS(=O)(=O)N1CCCC2(C1)NC(=O)NC2=O. The van der Waals surface area contributed by atoms with Gasteiger partial charge in [0, 0.05) is 19.7 Å². The third-order valence-corrected chi connectivity index (χ3v) is 5.34. The maximum atomic E-state index is 12.2. The first-order valence-corrected chi connectivity index (χ1v) is 8.20. The number of carbonyl (C=O) groups is 2. The molecule has 2 fully saturated rings. The van der Waals surface area contributed by atoms with Gasteiger partial charge in [-0.1, -0.05) is 0 Å². The van der Waals surface area contributed by atoms with E-state index in [4.69, 9.17) is 4.74 Å². The molecule has 3 amide bonds. The minimum absolute atomic E-state index is 0.0148. The number of nitrogens with one attached hydrogen (secondary N) is 2. The van der Waals surface area contributed by atoms with E-state index in [1.165, 1.54) is 4.31 Å². The molecule has 2 heterocycles. The highest BCUT2D eigenvalue weighted by Gasteiger charge is 2.50. The highest BCUT2D eigenvalue weighted by Crippen LogP contribution is 2.26. The predicted octanol–water partition coefficient (Wildman–Crippen LogP) is -0.973. The summed E-state index contributed by atoms with van der Waals surface area (Å²) in [6.07, 6.45) is 0.976. The number of nitrogens with zero attached hydrogens (tertiary/aromatic N) is 1. The Labute approximate surface area is 117 Å². The van der Waals surface area contributed by atoms with Crippen molar-refractivity contribution in [3.63, 3.8) is 0 Å². The van der Waals surface area contributed by atoms with Crippen LogP contribution in [-0.2, 0) is 19.6 Å². The third kappa shape index (κ3) is 2.94. The molecule has 0 aliphatic carbocycles. The van der Waals surface area contributed by atoms with E-state index in [0.717, 1.165) is 0 Å². The van der Waals surface area contributed by atoms with Crippen molar-refractivity contribution in [2.24, 2.45) is 0 Å². The Balaban J connectivity index is 2.07. The van der Waals surface area contributed by atoms with Crippen LogP contribution in [0.5, 0.6) is 0 Å². The summed E-state index contributed by atoms with van der Waals surface area (Å²) < 4.78 is 30.7. The summed E-state index contributed by atoms with van der Waals surface area (Å²) in [5, 5.41) is 4.72. The van der Waals surface area contributed by atoms with Crippen LogP contribution in [0.3, 0.4) is 0 Å². The number of sulfonamides is 1. The summed E-state index contributed by atoms with van der Waals surface area (Å²) in [6.45, 7) is 2.72. The van der Waals surface area contributed by atoms with Gasteiger partial charge in [0.15, 0.2) is 0 Å².